The number of nitrogens with zero attached hydrogens (tertiary/aromatic N) is 1. The Bertz CT molecular complexity index is 864. The van der Waals surface area contributed by atoms with Crippen LogP contribution >= 0.6 is 0 Å². The fourth-order valence-corrected chi connectivity index (χ4v) is 2.70. The minimum absolute atomic E-state index is 0.0942. The molecule has 0 atom stereocenters. The second-order valence-electron chi connectivity index (χ2n) is 6.13. The molecular weight excluding hydrogens is 338 g/mol. The number of amides is 1. The second-order valence-corrected chi connectivity index (χ2v) is 6.13. The fraction of sp³-hybridized carbons (Fsp3) is 0.182. The van der Waals surface area contributed by atoms with Crippen molar-refractivity contribution in [3.05, 3.63) is 84.1 Å². The lowest BCUT2D eigenvalue weighted by atomic mass is 10.1. The van der Waals surface area contributed by atoms with Crippen LogP contribution in [0.2, 0.25) is 0 Å². The maximum absolute atomic E-state index is 12.4. The molecular formula is C22H23N3O2. The molecule has 1 heterocycles. The van der Waals surface area contributed by atoms with Crippen LogP contribution < -0.4 is 15.4 Å². The number of benzene rings is 2. The lowest BCUT2D eigenvalue weighted by Crippen LogP contribution is -2.24. The van der Waals surface area contributed by atoms with E-state index in [-0.39, 0.29) is 5.91 Å². The summed E-state index contributed by atoms with van der Waals surface area (Å²) in [6.45, 7) is 0.636. The highest BCUT2D eigenvalue weighted by Gasteiger charge is 2.07. The largest absolute Gasteiger partial charge is 0.497 e. The third kappa shape index (κ3) is 5.57. The van der Waals surface area contributed by atoms with Crippen LogP contribution in [0.25, 0.3) is 0 Å². The number of nitrogens with one attached hydrogen (secondary N) is 2. The van der Waals surface area contributed by atoms with Crippen LogP contribution in [0.15, 0.2) is 72.9 Å². The molecule has 0 saturated heterocycles. The number of anilines is 2. The smallest absolute Gasteiger partial charge is 0.251 e. The van der Waals surface area contributed by atoms with E-state index < -0.39 is 0 Å². The third-order valence-corrected chi connectivity index (χ3v) is 4.16. The number of hydrogen-bond acceptors (Lipinski definition) is 4. The lowest BCUT2D eigenvalue weighted by Gasteiger charge is -2.09. The summed E-state index contributed by atoms with van der Waals surface area (Å²) in [7, 11) is 1.63. The minimum Gasteiger partial charge on any atom is -0.497 e. The molecule has 2 N–H and O–H groups in total. The van der Waals surface area contributed by atoms with E-state index in [1.807, 2.05) is 42.5 Å². The number of pyridine rings is 1. The Morgan fingerprint density at radius 1 is 1.04 bits per heavy atom. The first-order valence-corrected chi connectivity index (χ1v) is 8.94. The predicted molar refractivity (Wildman–Crippen MR) is 108 cm³/mol. The van der Waals surface area contributed by atoms with Crippen molar-refractivity contribution >= 4 is 17.4 Å². The van der Waals surface area contributed by atoms with Gasteiger partial charge in [-0.25, -0.2) is 4.98 Å². The number of methoxy groups -OCH3 is 1. The van der Waals surface area contributed by atoms with E-state index >= 15 is 0 Å². The predicted octanol–water partition coefficient (Wildman–Crippen LogP) is 4.20. The summed E-state index contributed by atoms with van der Waals surface area (Å²) in [5.41, 5.74) is 2.74. The number of aromatic nitrogens is 1. The average molecular weight is 361 g/mol. The van der Waals surface area contributed by atoms with Crippen LogP contribution in [0.4, 0.5) is 11.5 Å². The van der Waals surface area contributed by atoms with Gasteiger partial charge in [-0.05, 0) is 54.8 Å². The van der Waals surface area contributed by atoms with E-state index in [2.05, 4.69) is 27.8 Å². The number of aryl methyl sites for hydroxylation is 1. The highest BCUT2D eigenvalue weighted by Crippen LogP contribution is 2.19. The van der Waals surface area contributed by atoms with E-state index in [0.29, 0.717) is 17.9 Å². The molecule has 138 valence electrons. The van der Waals surface area contributed by atoms with Gasteiger partial charge < -0.3 is 15.4 Å². The van der Waals surface area contributed by atoms with Crippen LogP contribution in [0.3, 0.4) is 0 Å². The van der Waals surface area contributed by atoms with Gasteiger partial charge in [0.05, 0.1) is 7.11 Å². The highest BCUT2D eigenvalue weighted by molar-refractivity contribution is 5.94. The van der Waals surface area contributed by atoms with Crippen LogP contribution in [-0.2, 0) is 6.42 Å². The SMILES string of the molecule is COc1ccc(Nc2cc(C(=O)NCCCc3ccccc3)ccn2)cc1. The maximum atomic E-state index is 12.4. The van der Waals surface area contributed by atoms with E-state index in [1.165, 1.54) is 5.56 Å². The zero-order valence-electron chi connectivity index (χ0n) is 15.3. The topological polar surface area (TPSA) is 63.2 Å². The first-order valence-electron chi connectivity index (χ1n) is 8.94. The Hall–Kier alpha value is -3.34. The van der Waals surface area contributed by atoms with Crippen molar-refractivity contribution < 1.29 is 9.53 Å². The minimum atomic E-state index is -0.0942. The monoisotopic (exact) mass is 361 g/mol. The molecule has 0 fully saturated rings. The Labute approximate surface area is 159 Å². The molecule has 0 spiro atoms. The molecule has 5 heteroatoms. The fourth-order valence-electron chi connectivity index (χ4n) is 2.70. The molecule has 0 unspecified atom stereocenters. The molecule has 3 rings (SSSR count). The van der Waals surface area contributed by atoms with Gasteiger partial charge in [-0.15, -0.1) is 0 Å². The normalized spacial score (nSPS) is 10.3. The van der Waals surface area contributed by atoms with E-state index in [9.17, 15) is 4.79 Å². The lowest BCUT2D eigenvalue weighted by molar-refractivity contribution is 0.0953. The zero-order valence-corrected chi connectivity index (χ0v) is 15.3. The van der Waals surface area contributed by atoms with Gasteiger partial charge in [-0.3, -0.25) is 4.79 Å². The highest BCUT2D eigenvalue weighted by atomic mass is 16.5. The molecule has 0 aliphatic heterocycles. The molecule has 0 aliphatic carbocycles. The van der Waals surface area contributed by atoms with Crippen molar-refractivity contribution in [1.29, 1.82) is 0 Å². The number of ether oxygens (including phenoxy) is 1. The van der Waals surface area contributed by atoms with E-state index in [1.54, 1.807) is 25.4 Å². The first-order chi connectivity index (χ1) is 13.2. The van der Waals surface area contributed by atoms with Gasteiger partial charge in [0.2, 0.25) is 0 Å². The van der Waals surface area contributed by atoms with Crippen molar-refractivity contribution in [2.24, 2.45) is 0 Å². The molecule has 1 aromatic heterocycles. The van der Waals surface area contributed by atoms with Gasteiger partial charge in [0.15, 0.2) is 0 Å². The summed E-state index contributed by atoms with van der Waals surface area (Å²) in [6.07, 6.45) is 3.48. The van der Waals surface area contributed by atoms with Gasteiger partial charge in [-0.2, -0.15) is 0 Å². The van der Waals surface area contributed by atoms with Gasteiger partial charge in [-0.1, -0.05) is 30.3 Å². The molecule has 5 nitrogen and oxygen atoms in total. The summed E-state index contributed by atoms with van der Waals surface area (Å²) in [4.78, 5) is 16.6. The van der Waals surface area contributed by atoms with Crippen LogP contribution in [0.5, 0.6) is 5.75 Å². The Kier molecular flexibility index (Phi) is 6.41. The van der Waals surface area contributed by atoms with Crippen molar-refractivity contribution in [2.45, 2.75) is 12.8 Å². The van der Waals surface area contributed by atoms with Crippen LogP contribution in [0.1, 0.15) is 22.3 Å². The Morgan fingerprint density at radius 3 is 2.56 bits per heavy atom. The van der Waals surface area contributed by atoms with Crippen molar-refractivity contribution in [3.8, 4) is 5.75 Å². The first kappa shape index (κ1) is 18.5. The Balaban J connectivity index is 1.51. The van der Waals surface area contributed by atoms with Gasteiger partial charge >= 0.3 is 0 Å². The summed E-state index contributed by atoms with van der Waals surface area (Å²) in [5, 5.41) is 6.16. The quantitative estimate of drug-likeness (QED) is 0.590. The average Bonchev–Trinajstić information content (AvgIpc) is 2.72. The van der Waals surface area contributed by atoms with Crippen molar-refractivity contribution in [3.63, 3.8) is 0 Å². The second kappa shape index (κ2) is 9.38. The van der Waals surface area contributed by atoms with Gasteiger partial charge in [0, 0.05) is 24.0 Å². The number of hydrogen-bond donors (Lipinski definition) is 2. The van der Waals surface area contributed by atoms with Crippen LogP contribution in [0, 0.1) is 0 Å². The van der Waals surface area contributed by atoms with E-state index in [4.69, 9.17) is 4.74 Å². The molecule has 0 bridgehead atoms. The number of rotatable bonds is 8. The summed E-state index contributed by atoms with van der Waals surface area (Å²) in [6, 6.07) is 21.3. The summed E-state index contributed by atoms with van der Waals surface area (Å²) >= 11 is 0. The molecule has 3 aromatic rings. The molecule has 1 amide bonds. The Morgan fingerprint density at radius 2 is 1.81 bits per heavy atom. The maximum Gasteiger partial charge on any atom is 0.251 e. The third-order valence-electron chi connectivity index (χ3n) is 4.16. The molecule has 2 aromatic carbocycles. The van der Waals surface area contributed by atoms with Gasteiger partial charge in [0.25, 0.3) is 5.91 Å². The molecule has 0 radical (unpaired) electrons. The number of carbonyl (C=O) groups excluding carboxylic acids is 1. The summed E-state index contributed by atoms with van der Waals surface area (Å²) in [5.74, 6) is 1.32. The van der Waals surface area contributed by atoms with E-state index in [0.717, 1.165) is 24.3 Å². The summed E-state index contributed by atoms with van der Waals surface area (Å²) < 4.78 is 5.15. The van der Waals surface area contributed by atoms with Crippen molar-refractivity contribution in [2.75, 3.05) is 19.0 Å². The molecule has 0 aliphatic rings. The molecule has 27 heavy (non-hydrogen) atoms. The number of carbonyl (C=O) groups is 1. The van der Waals surface area contributed by atoms with Crippen molar-refractivity contribution in [1.82, 2.24) is 10.3 Å². The van der Waals surface area contributed by atoms with Crippen LogP contribution in [-0.4, -0.2) is 24.5 Å². The zero-order chi connectivity index (χ0) is 18.9. The van der Waals surface area contributed by atoms with Gasteiger partial charge in [0.1, 0.15) is 11.6 Å². The standard InChI is InChI=1S/C22H23N3O2/c1-27-20-11-9-19(10-12-20)25-21-16-18(13-15-23-21)22(26)24-14-5-8-17-6-3-2-4-7-17/h2-4,6-7,9-13,15-16H,5,8,14H2,1H3,(H,23,25)(H,24,26). The molecule has 0 saturated carbocycles.